The van der Waals surface area contributed by atoms with Crippen LogP contribution in [0.5, 0.6) is 0 Å². The van der Waals surface area contributed by atoms with Crippen LogP contribution >= 0.6 is 0 Å². The van der Waals surface area contributed by atoms with Crippen LogP contribution in [0.1, 0.15) is 0 Å². The Balaban J connectivity index is 1.06. The molecular formula is C56H34. The lowest BCUT2D eigenvalue weighted by Crippen LogP contribution is -1.92. The van der Waals surface area contributed by atoms with E-state index in [0.717, 1.165) is 0 Å². The van der Waals surface area contributed by atoms with Gasteiger partial charge >= 0.3 is 0 Å². The van der Waals surface area contributed by atoms with Crippen LogP contribution in [0.25, 0.3) is 120 Å². The van der Waals surface area contributed by atoms with E-state index in [1.165, 1.54) is 120 Å². The Hall–Kier alpha value is -7.28. The molecule has 0 aliphatic heterocycles. The quantitative estimate of drug-likeness (QED) is 0.160. The fraction of sp³-hybridized carbons (Fsp3) is 0. The predicted molar refractivity (Wildman–Crippen MR) is 242 cm³/mol. The summed E-state index contributed by atoms with van der Waals surface area (Å²) in [5.74, 6) is 0. The van der Waals surface area contributed by atoms with Gasteiger partial charge in [-0.3, -0.25) is 0 Å². The normalized spacial score (nSPS) is 11.9. The Morgan fingerprint density at radius 3 is 1.23 bits per heavy atom. The third kappa shape index (κ3) is 4.60. The largest absolute Gasteiger partial charge is 0.0616 e. The van der Waals surface area contributed by atoms with E-state index in [4.69, 9.17) is 0 Å². The molecule has 0 spiro atoms. The van der Waals surface area contributed by atoms with Crippen molar-refractivity contribution < 1.29 is 0 Å². The van der Waals surface area contributed by atoms with E-state index in [9.17, 15) is 0 Å². The van der Waals surface area contributed by atoms with Crippen LogP contribution in [-0.2, 0) is 0 Å². The van der Waals surface area contributed by atoms with Crippen molar-refractivity contribution >= 4 is 75.4 Å². The number of hydrogen-bond donors (Lipinski definition) is 0. The summed E-state index contributed by atoms with van der Waals surface area (Å²) in [4.78, 5) is 0. The van der Waals surface area contributed by atoms with Crippen LogP contribution in [0.4, 0.5) is 0 Å². The van der Waals surface area contributed by atoms with E-state index in [1.54, 1.807) is 0 Å². The van der Waals surface area contributed by atoms with Crippen LogP contribution in [0, 0.1) is 0 Å². The highest BCUT2D eigenvalue weighted by molar-refractivity contribution is 6.28. The minimum absolute atomic E-state index is 1.23. The van der Waals surface area contributed by atoms with Gasteiger partial charge in [0, 0.05) is 0 Å². The maximum atomic E-state index is 2.39. The Labute approximate surface area is 324 Å². The monoisotopic (exact) mass is 706 g/mol. The van der Waals surface area contributed by atoms with Crippen molar-refractivity contribution in [2.75, 3.05) is 0 Å². The second kappa shape index (κ2) is 12.1. The van der Waals surface area contributed by atoms with Gasteiger partial charge in [-0.1, -0.05) is 188 Å². The molecule has 258 valence electrons. The van der Waals surface area contributed by atoms with Gasteiger partial charge in [0.05, 0.1) is 0 Å². The highest BCUT2D eigenvalue weighted by Crippen LogP contribution is 2.46. The topological polar surface area (TPSA) is 0 Å². The minimum Gasteiger partial charge on any atom is -0.0616 e. The van der Waals surface area contributed by atoms with Gasteiger partial charge in [-0.15, -0.1) is 0 Å². The lowest BCUT2D eigenvalue weighted by molar-refractivity contribution is 1.63. The summed E-state index contributed by atoms with van der Waals surface area (Å²) in [5.41, 5.74) is 10.0. The van der Waals surface area contributed by atoms with Gasteiger partial charge in [-0.2, -0.15) is 0 Å². The van der Waals surface area contributed by atoms with Crippen LogP contribution in [-0.4, -0.2) is 0 Å². The maximum Gasteiger partial charge on any atom is -0.00203 e. The fourth-order valence-corrected chi connectivity index (χ4v) is 9.66. The molecular weight excluding hydrogens is 673 g/mol. The molecule has 0 heteroatoms. The zero-order valence-corrected chi connectivity index (χ0v) is 30.6. The Morgan fingerprint density at radius 1 is 0.179 bits per heavy atom. The second-order valence-electron chi connectivity index (χ2n) is 15.2. The van der Waals surface area contributed by atoms with E-state index in [-0.39, 0.29) is 0 Å². The second-order valence-corrected chi connectivity index (χ2v) is 15.2. The van der Waals surface area contributed by atoms with Crippen LogP contribution in [0.15, 0.2) is 206 Å². The first kappa shape index (κ1) is 31.1. The fourth-order valence-electron chi connectivity index (χ4n) is 9.66. The zero-order chi connectivity index (χ0) is 36.7. The molecule has 0 nitrogen and oxygen atoms in total. The molecule has 0 aliphatic rings. The van der Waals surface area contributed by atoms with Crippen LogP contribution in [0.3, 0.4) is 0 Å². The SMILES string of the molecule is c1cc(-c2cc3ccccc3c3ccccc23)cc(-c2ccc3ccc4c(-c5ccccc5-c5cc6ccccc6c6ccccc56)ccc5ccc2c3c54)c1. The highest BCUT2D eigenvalue weighted by Gasteiger charge is 2.19. The molecule has 0 saturated carbocycles. The molecule has 12 aromatic carbocycles. The molecule has 12 rings (SSSR count). The standard InChI is InChI=1S/C56H34/c1-3-16-41-39(12-1)33-53(47-21-8-5-18-44(41)47)38-15-11-14-37(32-38)43-28-24-35-27-31-52-50(29-25-36-26-30-51(43)55(35)56(36)52)46-20-7-10-23-49(46)54-34-40-13-2-4-17-42(40)45-19-6-9-22-48(45)54/h1-34H. The van der Waals surface area contributed by atoms with E-state index >= 15 is 0 Å². The summed E-state index contributed by atoms with van der Waals surface area (Å²) in [6.07, 6.45) is 0. The molecule has 12 aromatic rings. The van der Waals surface area contributed by atoms with Crippen molar-refractivity contribution in [3.63, 3.8) is 0 Å². The van der Waals surface area contributed by atoms with Gasteiger partial charge in [0.2, 0.25) is 0 Å². The summed E-state index contributed by atoms with van der Waals surface area (Å²) in [5, 5.41) is 18.0. The summed E-state index contributed by atoms with van der Waals surface area (Å²) in [6, 6.07) is 76.6. The summed E-state index contributed by atoms with van der Waals surface area (Å²) in [6.45, 7) is 0. The molecule has 0 bridgehead atoms. The van der Waals surface area contributed by atoms with Gasteiger partial charge in [-0.05, 0) is 138 Å². The Morgan fingerprint density at radius 2 is 0.607 bits per heavy atom. The highest BCUT2D eigenvalue weighted by atomic mass is 14.2. The van der Waals surface area contributed by atoms with Gasteiger partial charge in [-0.25, -0.2) is 0 Å². The van der Waals surface area contributed by atoms with Crippen molar-refractivity contribution in [3.05, 3.63) is 206 Å². The maximum absolute atomic E-state index is 2.39. The predicted octanol–water partition coefficient (Wildman–Crippen LogP) is 15.9. The lowest BCUT2D eigenvalue weighted by Gasteiger charge is -2.19. The molecule has 0 atom stereocenters. The number of fused-ring (bicyclic) bond motifs is 6. The number of rotatable bonds is 4. The Bertz CT molecular complexity index is 3530. The van der Waals surface area contributed by atoms with Crippen LogP contribution in [0.2, 0.25) is 0 Å². The van der Waals surface area contributed by atoms with Gasteiger partial charge < -0.3 is 0 Å². The molecule has 0 radical (unpaired) electrons. The van der Waals surface area contributed by atoms with Crippen molar-refractivity contribution in [1.82, 2.24) is 0 Å². The van der Waals surface area contributed by atoms with Crippen LogP contribution < -0.4 is 0 Å². The molecule has 0 aromatic heterocycles. The summed E-state index contributed by atoms with van der Waals surface area (Å²) >= 11 is 0. The molecule has 0 amide bonds. The van der Waals surface area contributed by atoms with Crippen molar-refractivity contribution in [3.8, 4) is 44.5 Å². The molecule has 0 fully saturated rings. The van der Waals surface area contributed by atoms with Crippen molar-refractivity contribution in [2.24, 2.45) is 0 Å². The summed E-state index contributed by atoms with van der Waals surface area (Å²) < 4.78 is 0. The number of hydrogen-bond acceptors (Lipinski definition) is 0. The van der Waals surface area contributed by atoms with Gasteiger partial charge in [0.15, 0.2) is 0 Å². The van der Waals surface area contributed by atoms with Crippen molar-refractivity contribution in [2.45, 2.75) is 0 Å². The molecule has 0 unspecified atom stereocenters. The smallest absolute Gasteiger partial charge is 0.00203 e. The van der Waals surface area contributed by atoms with Gasteiger partial charge in [0.25, 0.3) is 0 Å². The van der Waals surface area contributed by atoms with E-state index in [0.29, 0.717) is 0 Å². The average Bonchev–Trinajstić information content (AvgIpc) is 3.27. The molecule has 0 N–H and O–H groups in total. The van der Waals surface area contributed by atoms with E-state index in [2.05, 4.69) is 206 Å². The van der Waals surface area contributed by atoms with Crippen molar-refractivity contribution in [1.29, 1.82) is 0 Å². The third-order valence-electron chi connectivity index (χ3n) is 12.2. The summed E-state index contributed by atoms with van der Waals surface area (Å²) in [7, 11) is 0. The molecule has 56 heavy (non-hydrogen) atoms. The molecule has 0 aliphatic carbocycles. The number of benzene rings is 12. The third-order valence-corrected chi connectivity index (χ3v) is 12.2. The van der Waals surface area contributed by atoms with Gasteiger partial charge in [0.1, 0.15) is 0 Å². The Kier molecular flexibility index (Phi) is 6.73. The molecule has 0 heterocycles. The lowest BCUT2D eigenvalue weighted by atomic mass is 9.84. The first-order chi connectivity index (χ1) is 27.8. The molecule has 0 saturated heterocycles. The average molecular weight is 707 g/mol. The minimum atomic E-state index is 1.23. The first-order valence-electron chi connectivity index (χ1n) is 19.5. The first-order valence-corrected chi connectivity index (χ1v) is 19.5. The van der Waals surface area contributed by atoms with E-state index < -0.39 is 0 Å². The van der Waals surface area contributed by atoms with E-state index in [1.807, 2.05) is 0 Å². The zero-order valence-electron chi connectivity index (χ0n) is 30.6.